The topological polar surface area (TPSA) is 38.0 Å². The van der Waals surface area contributed by atoms with Gasteiger partial charge in [0.15, 0.2) is 0 Å². The van der Waals surface area contributed by atoms with E-state index in [2.05, 4.69) is 18.4 Å². The molecule has 1 heterocycles. The highest BCUT2D eigenvalue weighted by molar-refractivity contribution is 7.12. The maximum absolute atomic E-state index is 13.2. The summed E-state index contributed by atoms with van der Waals surface area (Å²) in [7, 11) is 0. The first-order valence-electron chi connectivity index (χ1n) is 6.12. The molecule has 2 aromatic rings. The lowest BCUT2D eigenvalue weighted by atomic mass is 10.0. The van der Waals surface area contributed by atoms with E-state index in [9.17, 15) is 8.78 Å². The van der Waals surface area contributed by atoms with E-state index in [4.69, 9.17) is 5.84 Å². The molecule has 3 N–H and O–H groups in total. The number of hydrogen-bond acceptors (Lipinski definition) is 3. The van der Waals surface area contributed by atoms with Crippen LogP contribution in [0.15, 0.2) is 30.3 Å². The van der Waals surface area contributed by atoms with Crippen molar-refractivity contribution in [1.29, 1.82) is 0 Å². The van der Waals surface area contributed by atoms with Crippen molar-refractivity contribution in [3.63, 3.8) is 0 Å². The van der Waals surface area contributed by atoms with Gasteiger partial charge < -0.3 is 0 Å². The summed E-state index contributed by atoms with van der Waals surface area (Å²) in [5.74, 6) is 4.42. The van der Waals surface area contributed by atoms with Gasteiger partial charge in [0.1, 0.15) is 11.6 Å². The lowest BCUT2D eigenvalue weighted by molar-refractivity contribution is 0.546. The Hall–Kier alpha value is -1.30. The van der Waals surface area contributed by atoms with Crippen molar-refractivity contribution in [2.45, 2.75) is 25.8 Å². The molecule has 5 heteroatoms. The normalized spacial score (nSPS) is 12.6. The Labute approximate surface area is 115 Å². The molecule has 1 atom stereocenters. The fourth-order valence-electron chi connectivity index (χ4n) is 1.98. The minimum atomic E-state index is -0.564. The van der Waals surface area contributed by atoms with Gasteiger partial charge in [0.25, 0.3) is 0 Å². The van der Waals surface area contributed by atoms with Gasteiger partial charge in [0.05, 0.1) is 6.04 Å². The zero-order valence-corrected chi connectivity index (χ0v) is 11.4. The first kappa shape index (κ1) is 14.1. The molecule has 0 aliphatic carbocycles. The van der Waals surface area contributed by atoms with E-state index < -0.39 is 11.6 Å². The number of hydrazine groups is 1. The van der Waals surface area contributed by atoms with Crippen LogP contribution in [0.3, 0.4) is 0 Å². The Morgan fingerprint density at radius 1 is 1.21 bits per heavy atom. The second kappa shape index (κ2) is 6.23. The van der Waals surface area contributed by atoms with E-state index in [1.54, 1.807) is 11.3 Å². The summed E-state index contributed by atoms with van der Waals surface area (Å²) in [6, 6.07) is 7.46. The molecule has 2 rings (SSSR count). The molecule has 19 heavy (non-hydrogen) atoms. The standard InChI is InChI=1S/C14H16F2N2S/c1-2-12-3-4-14(19-12)13(18-17)7-9-5-10(15)8-11(16)6-9/h3-6,8,13,18H,2,7,17H2,1H3. The monoisotopic (exact) mass is 282 g/mol. The van der Waals surface area contributed by atoms with Crippen LogP contribution in [-0.2, 0) is 12.8 Å². The maximum atomic E-state index is 13.2. The predicted molar refractivity (Wildman–Crippen MR) is 73.8 cm³/mol. The molecule has 1 unspecified atom stereocenters. The van der Waals surface area contributed by atoms with Gasteiger partial charge in [-0.05, 0) is 42.7 Å². The van der Waals surface area contributed by atoms with Gasteiger partial charge in [-0.3, -0.25) is 11.3 Å². The SMILES string of the molecule is CCc1ccc(C(Cc2cc(F)cc(F)c2)NN)s1. The highest BCUT2D eigenvalue weighted by Gasteiger charge is 2.14. The van der Waals surface area contributed by atoms with Crippen LogP contribution in [0.5, 0.6) is 0 Å². The minimum Gasteiger partial charge on any atom is -0.271 e. The first-order chi connectivity index (χ1) is 9.12. The van der Waals surface area contributed by atoms with Crippen molar-refractivity contribution in [2.24, 2.45) is 5.84 Å². The molecule has 1 aromatic carbocycles. The quantitative estimate of drug-likeness (QED) is 0.652. The summed E-state index contributed by atoms with van der Waals surface area (Å²) < 4.78 is 26.3. The third-order valence-corrected chi connectivity index (χ3v) is 4.28. The molecule has 1 aromatic heterocycles. The van der Waals surface area contributed by atoms with Crippen LogP contribution >= 0.6 is 11.3 Å². The maximum Gasteiger partial charge on any atom is 0.126 e. The number of halogens is 2. The molecule has 2 nitrogen and oxygen atoms in total. The first-order valence-corrected chi connectivity index (χ1v) is 6.93. The van der Waals surface area contributed by atoms with Gasteiger partial charge in [-0.2, -0.15) is 0 Å². The summed E-state index contributed by atoms with van der Waals surface area (Å²) in [6.45, 7) is 2.09. The number of nitrogens with two attached hydrogens (primary N) is 1. The molecule has 0 radical (unpaired) electrons. The van der Waals surface area contributed by atoms with Gasteiger partial charge in [-0.1, -0.05) is 6.92 Å². The summed E-state index contributed by atoms with van der Waals surface area (Å²) in [6.07, 6.45) is 1.42. The summed E-state index contributed by atoms with van der Waals surface area (Å²) in [4.78, 5) is 2.34. The Bertz CT molecular complexity index is 534. The van der Waals surface area contributed by atoms with Crippen molar-refractivity contribution >= 4 is 11.3 Å². The largest absolute Gasteiger partial charge is 0.271 e. The molecule has 0 aliphatic rings. The summed E-state index contributed by atoms with van der Waals surface area (Å²) in [5, 5.41) is 0. The molecule has 0 aliphatic heterocycles. The zero-order valence-electron chi connectivity index (χ0n) is 10.6. The van der Waals surface area contributed by atoms with Gasteiger partial charge in [0, 0.05) is 15.8 Å². The van der Waals surface area contributed by atoms with E-state index in [0.717, 1.165) is 17.4 Å². The fourth-order valence-corrected chi connectivity index (χ4v) is 2.99. The van der Waals surface area contributed by atoms with Crippen molar-refractivity contribution < 1.29 is 8.78 Å². The van der Waals surface area contributed by atoms with Crippen LogP contribution in [0.4, 0.5) is 8.78 Å². The van der Waals surface area contributed by atoms with Crippen molar-refractivity contribution in [2.75, 3.05) is 0 Å². The molecule has 0 saturated carbocycles. The Balaban J connectivity index is 2.18. The highest BCUT2D eigenvalue weighted by Crippen LogP contribution is 2.26. The lowest BCUT2D eigenvalue weighted by Crippen LogP contribution is -2.29. The number of rotatable bonds is 5. The van der Waals surface area contributed by atoms with Crippen molar-refractivity contribution in [3.05, 3.63) is 57.3 Å². The Morgan fingerprint density at radius 3 is 2.42 bits per heavy atom. The number of nitrogens with one attached hydrogen (secondary N) is 1. The molecule has 0 amide bonds. The minimum absolute atomic E-state index is 0.133. The summed E-state index contributed by atoms with van der Waals surface area (Å²) >= 11 is 1.66. The van der Waals surface area contributed by atoms with Gasteiger partial charge in [-0.15, -0.1) is 11.3 Å². The van der Waals surface area contributed by atoms with E-state index in [1.165, 1.54) is 17.0 Å². The molecule has 0 spiro atoms. The summed E-state index contributed by atoms with van der Waals surface area (Å²) in [5.41, 5.74) is 3.30. The molecule has 102 valence electrons. The van der Waals surface area contributed by atoms with Gasteiger partial charge in [-0.25, -0.2) is 8.78 Å². The van der Waals surface area contributed by atoms with Gasteiger partial charge in [0.2, 0.25) is 0 Å². The average molecular weight is 282 g/mol. The van der Waals surface area contributed by atoms with Crippen LogP contribution in [0.1, 0.15) is 28.3 Å². The average Bonchev–Trinajstić information content (AvgIpc) is 2.83. The molecule has 0 saturated heterocycles. The van der Waals surface area contributed by atoms with Crippen molar-refractivity contribution in [3.8, 4) is 0 Å². The van der Waals surface area contributed by atoms with Crippen LogP contribution in [0.2, 0.25) is 0 Å². The Morgan fingerprint density at radius 2 is 1.89 bits per heavy atom. The number of hydrogen-bond donors (Lipinski definition) is 2. The van der Waals surface area contributed by atoms with Crippen LogP contribution in [0, 0.1) is 11.6 Å². The third-order valence-electron chi connectivity index (χ3n) is 2.94. The molecular formula is C14H16F2N2S. The lowest BCUT2D eigenvalue weighted by Gasteiger charge is -2.14. The Kier molecular flexibility index (Phi) is 4.63. The smallest absolute Gasteiger partial charge is 0.126 e. The third kappa shape index (κ3) is 3.59. The second-order valence-electron chi connectivity index (χ2n) is 4.36. The molecule has 0 bridgehead atoms. The van der Waals surface area contributed by atoms with Gasteiger partial charge >= 0.3 is 0 Å². The van der Waals surface area contributed by atoms with Crippen LogP contribution < -0.4 is 11.3 Å². The van der Waals surface area contributed by atoms with E-state index in [0.29, 0.717) is 12.0 Å². The number of benzene rings is 1. The van der Waals surface area contributed by atoms with E-state index >= 15 is 0 Å². The van der Waals surface area contributed by atoms with E-state index in [1.807, 2.05) is 6.07 Å². The fraction of sp³-hybridized carbons (Fsp3) is 0.286. The zero-order chi connectivity index (χ0) is 13.8. The number of aryl methyl sites for hydroxylation is 1. The second-order valence-corrected chi connectivity index (χ2v) is 5.56. The van der Waals surface area contributed by atoms with Crippen LogP contribution in [0.25, 0.3) is 0 Å². The number of thiophene rings is 1. The molecular weight excluding hydrogens is 266 g/mol. The predicted octanol–water partition coefficient (Wildman–Crippen LogP) is 3.34. The molecule has 0 fully saturated rings. The van der Waals surface area contributed by atoms with E-state index in [-0.39, 0.29) is 6.04 Å². The highest BCUT2D eigenvalue weighted by atomic mass is 32.1. The van der Waals surface area contributed by atoms with Crippen molar-refractivity contribution in [1.82, 2.24) is 5.43 Å². The van der Waals surface area contributed by atoms with Crippen LogP contribution in [-0.4, -0.2) is 0 Å².